The molecule has 18 atom stereocenters. The van der Waals surface area contributed by atoms with Gasteiger partial charge in [0.2, 0.25) is 0 Å². The van der Waals surface area contributed by atoms with Crippen LogP contribution in [-0.2, 0) is 28.6 Å². The molecule has 0 bridgehead atoms. The largest absolute Gasteiger partial charge is 0.459 e. The Morgan fingerprint density at radius 3 is 2.42 bits per heavy atom. The number of fused-ring (bicyclic) bond motifs is 5. The molecule has 15 heteroatoms. The first kappa shape index (κ1) is 49.1. The molecule has 2 aliphatic heterocycles. The summed E-state index contributed by atoms with van der Waals surface area (Å²) in [4.78, 5) is 41.5. The predicted molar refractivity (Wildman–Crippen MR) is 226 cm³/mol. The number of nitrogens with one attached hydrogen (secondary N) is 1. The van der Waals surface area contributed by atoms with E-state index in [1.54, 1.807) is 27.7 Å². The van der Waals surface area contributed by atoms with Crippen LogP contribution >= 0.6 is 0 Å². The van der Waals surface area contributed by atoms with Crippen molar-refractivity contribution < 1.29 is 62.9 Å². The zero-order chi connectivity index (χ0) is 45.5. The Balaban J connectivity index is 1.13. The molecule has 6 rings (SSSR count). The second kappa shape index (κ2) is 19.2. The van der Waals surface area contributed by atoms with Gasteiger partial charge >= 0.3 is 5.97 Å². The number of rotatable bonds is 8. The van der Waals surface area contributed by atoms with Crippen LogP contribution in [0.3, 0.4) is 0 Å². The average molecular weight is 881 g/mol. The number of esters is 1. The minimum atomic E-state index is -2.32. The Hall–Kier alpha value is -2.37. The molecule has 0 aromatic rings. The Kier molecular flexibility index (Phi) is 15.2. The van der Waals surface area contributed by atoms with Gasteiger partial charge in [-0.15, -0.1) is 0 Å². The maximum atomic E-state index is 17.6. The zero-order valence-corrected chi connectivity index (χ0v) is 37.8. The fourth-order valence-corrected chi connectivity index (χ4v) is 12.4. The standard InChI is InChI=1S/C47H74F2N2O11/c1-8-36-40(56)39(55)29(5)51(20-10-13-35(53)41(26(2)22-27(3)42(57)61-36)62-38-14-9-12-28(4)60-38)21-11-19-50-43(58)46(59)18-16-31-32-24-34(48)33-23-30(52)15-17-44(33,6)47(32,49)37(54)25-45(31,46)7/h15,17,23,26-29,31-32,34-41,53-56,59H,8-14,16,18-22,24-25H2,1-7H3,(H,50,58)/t26-,27+,28+,29+,31?,32?,34-,35+,36+,37-,38-,39+,40+,41?,44-,45-,46-,47-/m0/s1. The molecule has 4 aliphatic carbocycles. The second-order valence-corrected chi connectivity index (χ2v) is 20.2. The minimum absolute atomic E-state index is 0.00325. The highest BCUT2D eigenvalue weighted by Crippen LogP contribution is 2.70. The van der Waals surface area contributed by atoms with E-state index in [1.807, 2.05) is 18.7 Å². The van der Waals surface area contributed by atoms with Gasteiger partial charge in [-0.1, -0.05) is 33.8 Å². The first-order valence-electron chi connectivity index (χ1n) is 23.4. The van der Waals surface area contributed by atoms with Gasteiger partial charge in [0.25, 0.3) is 5.91 Å². The monoisotopic (exact) mass is 881 g/mol. The number of cyclic esters (lactones) is 1. The summed E-state index contributed by atoms with van der Waals surface area (Å²) in [6, 6.07) is -0.635. The number of ketones is 1. The number of ether oxygens (including phenoxy) is 3. The lowest BCUT2D eigenvalue weighted by atomic mass is 9.44. The maximum Gasteiger partial charge on any atom is 0.309 e. The Labute approximate surface area is 366 Å². The van der Waals surface area contributed by atoms with Crippen molar-refractivity contribution in [1.29, 1.82) is 0 Å². The van der Waals surface area contributed by atoms with Gasteiger partial charge in [-0.2, -0.15) is 0 Å². The molecule has 13 nitrogen and oxygen atoms in total. The van der Waals surface area contributed by atoms with Gasteiger partial charge in [0, 0.05) is 35.9 Å². The van der Waals surface area contributed by atoms with Crippen LogP contribution in [-0.4, -0.2) is 140 Å². The highest BCUT2D eigenvalue weighted by atomic mass is 19.1. The number of hydrogen-bond acceptors (Lipinski definition) is 12. The molecule has 2 saturated heterocycles. The van der Waals surface area contributed by atoms with Gasteiger partial charge in [0.15, 0.2) is 17.7 Å². The van der Waals surface area contributed by atoms with Crippen molar-refractivity contribution in [3.63, 3.8) is 0 Å². The third-order valence-corrected chi connectivity index (χ3v) is 16.3. The first-order valence-corrected chi connectivity index (χ1v) is 23.4. The molecule has 6 aliphatic rings. The van der Waals surface area contributed by atoms with Gasteiger partial charge in [-0.3, -0.25) is 19.3 Å². The van der Waals surface area contributed by atoms with Gasteiger partial charge in [-0.25, -0.2) is 8.78 Å². The van der Waals surface area contributed by atoms with Crippen LogP contribution < -0.4 is 5.32 Å². The van der Waals surface area contributed by atoms with E-state index in [1.165, 1.54) is 19.1 Å². The fraction of sp³-hybridized carbons (Fsp3) is 0.851. The van der Waals surface area contributed by atoms with Crippen LogP contribution in [0.1, 0.15) is 126 Å². The molecular formula is C47H74F2N2O11. The van der Waals surface area contributed by atoms with E-state index < -0.39 is 113 Å². The zero-order valence-electron chi connectivity index (χ0n) is 37.8. The Morgan fingerprint density at radius 2 is 1.73 bits per heavy atom. The molecule has 0 radical (unpaired) electrons. The summed E-state index contributed by atoms with van der Waals surface area (Å²) in [5, 5.41) is 61.2. The third kappa shape index (κ3) is 8.96. The molecule has 2 heterocycles. The average Bonchev–Trinajstić information content (AvgIpc) is 3.49. The lowest BCUT2D eigenvalue weighted by Gasteiger charge is -2.62. The third-order valence-electron chi connectivity index (χ3n) is 16.3. The summed E-state index contributed by atoms with van der Waals surface area (Å²) in [5.41, 5.74) is -7.12. The number of allylic oxidation sites excluding steroid dienone is 4. The molecule has 352 valence electrons. The summed E-state index contributed by atoms with van der Waals surface area (Å²) >= 11 is 0. The Morgan fingerprint density at radius 1 is 1.00 bits per heavy atom. The van der Waals surface area contributed by atoms with E-state index in [2.05, 4.69) is 5.32 Å². The predicted octanol–water partition coefficient (Wildman–Crippen LogP) is 4.39. The van der Waals surface area contributed by atoms with Crippen LogP contribution in [0.2, 0.25) is 0 Å². The number of amides is 1. The van der Waals surface area contributed by atoms with Crippen molar-refractivity contribution in [2.75, 3.05) is 19.6 Å². The maximum absolute atomic E-state index is 17.6. The summed E-state index contributed by atoms with van der Waals surface area (Å²) in [5.74, 6) is -4.06. The highest BCUT2D eigenvalue weighted by molar-refractivity contribution is 6.01. The van der Waals surface area contributed by atoms with Crippen LogP contribution in [0.5, 0.6) is 0 Å². The molecule has 6 N–H and O–H groups in total. The first-order chi connectivity index (χ1) is 29.1. The van der Waals surface area contributed by atoms with Crippen LogP contribution in [0.15, 0.2) is 23.8 Å². The lowest BCUT2D eigenvalue weighted by molar-refractivity contribution is -0.236. The van der Waals surface area contributed by atoms with Crippen molar-refractivity contribution in [1.82, 2.24) is 10.2 Å². The van der Waals surface area contributed by atoms with Crippen molar-refractivity contribution in [3.8, 4) is 0 Å². The van der Waals surface area contributed by atoms with Crippen molar-refractivity contribution >= 4 is 17.7 Å². The van der Waals surface area contributed by atoms with Crippen LogP contribution in [0.25, 0.3) is 0 Å². The topological polar surface area (TPSA) is 195 Å². The van der Waals surface area contributed by atoms with E-state index in [9.17, 15) is 39.9 Å². The smallest absolute Gasteiger partial charge is 0.309 e. The van der Waals surface area contributed by atoms with E-state index in [-0.39, 0.29) is 56.2 Å². The van der Waals surface area contributed by atoms with E-state index in [0.29, 0.717) is 45.2 Å². The molecule has 5 fully saturated rings. The molecule has 3 unspecified atom stereocenters. The van der Waals surface area contributed by atoms with Crippen molar-refractivity contribution in [2.24, 2.45) is 34.5 Å². The molecular weight excluding hydrogens is 807 g/mol. The number of aliphatic hydroxyl groups excluding tert-OH is 4. The number of hydrogen-bond donors (Lipinski definition) is 6. The Bertz CT molecular complexity index is 1690. The minimum Gasteiger partial charge on any atom is -0.459 e. The molecule has 0 spiro atoms. The SMILES string of the molecule is CC[C@H]1OC(=O)[C@H](C)C[C@H](C)C(O[C@H]2CCC[C@@H](C)O2)[C@H](O)CCCN(CCCNC(=O)[C@@]2(O)CCC3C4C[C@H](F)C5=CC(=O)C=C[C@]5(C)[C@@]4(F)[C@@H](O)C[C@@]32C)[C@H](C)[C@@H](O)[C@@H]1O. The van der Waals surface area contributed by atoms with Gasteiger partial charge in [-0.05, 0) is 134 Å². The van der Waals surface area contributed by atoms with E-state index >= 15 is 8.78 Å². The van der Waals surface area contributed by atoms with Crippen molar-refractivity contribution in [3.05, 3.63) is 23.8 Å². The summed E-state index contributed by atoms with van der Waals surface area (Å²) in [6.45, 7) is 13.3. The van der Waals surface area contributed by atoms with Gasteiger partial charge < -0.3 is 45.1 Å². The number of aliphatic hydroxyl groups is 5. The molecule has 0 aromatic heterocycles. The molecule has 0 aromatic carbocycles. The van der Waals surface area contributed by atoms with Gasteiger partial charge in [0.1, 0.15) is 24.0 Å². The number of alkyl halides is 2. The number of carbonyl (C=O) groups is 3. The van der Waals surface area contributed by atoms with Crippen molar-refractivity contribution in [2.45, 2.75) is 198 Å². The highest BCUT2D eigenvalue weighted by Gasteiger charge is 2.75. The quantitative estimate of drug-likeness (QED) is 0.149. The van der Waals surface area contributed by atoms with Crippen LogP contribution in [0.4, 0.5) is 8.78 Å². The molecule has 1 amide bonds. The van der Waals surface area contributed by atoms with Gasteiger partial charge in [0.05, 0.1) is 36.4 Å². The number of carbonyl (C=O) groups excluding carboxylic acids is 3. The molecule has 62 heavy (non-hydrogen) atoms. The number of nitrogens with zero attached hydrogens (tertiary/aromatic N) is 1. The number of halogens is 2. The summed E-state index contributed by atoms with van der Waals surface area (Å²) in [6.07, 6.45) is -1.05. The van der Waals surface area contributed by atoms with E-state index in [0.717, 1.165) is 18.9 Å². The summed E-state index contributed by atoms with van der Waals surface area (Å²) in [7, 11) is 0. The molecule has 3 saturated carbocycles. The lowest BCUT2D eigenvalue weighted by Crippen LogP contribution is -2.70. The van der Waals surface area contributed by atoms with Crippen LogP contribution in [0, 0.1) is 34.5 Å². The van der Waals surface area contributed by atoms with E-state index in [4.69, 9.17) is 14.2 Å². The fourth-order valence-electron chi connectivity index (χ4n) is 12.4. The second-order valence-electron chi connectivity index (χ2n) is 20.2. The summed E-state index contributed by atoms with van der Waals surface area (Å²) < 4.78 is 51.7. The normalized spacial score (nSPS) is 47.2.